The highest BCUT2D eigenvalue weighted by Gasteiger charge is 2.06. The second-order valence-corrected chi connectivity index (χ2v) is 3.31. The highest BCUT2D eigenvalue weighted by molar-refractivity contribution is 5.57. The number of rotatable bonds is 6. The van der Waals surface area contributed by atoms with E-state index in [9.17, 15) is 0 Å². The highest BCUT2D eigenvalue weighted by Crippen LogP contribution is 2.09. The van der Waals surface area contributed by atoms with Crippen molar-refractivity contribution < 1.29 is 0 Å². The van der Waals surface area contributed by atoms with Crippen molar-refractivity contribution in [3.8, 4) is 0 Å². The van der Waals surface area contributed by atoms with Crippen LogP contribution in [0.5, 0.6) is 0 Å². The van der Waals surface area contributed by atoms with Gasteiger partial charge in [-0.05, 0) is 39.8 Å². The minimum absolute atomic E-state index is 0.313. The van der Waals surface area contributed by atoms with Crippen molar-refractivity contribution in [1.29, 1.82) is 0 Å². The van der Waals surface area contributed by atoms with E-state index in [1.54, 1.807) is 0 Å². The molecule has 0 spiro atoms. The van der Waals surface area contributed by atoms with Crippen LogP contribution in [-0.4, -0.2) is 23.8 Å². The summed E-state index contributed by atoms with van der Waals surface area (Å²) in [6.45, 7) is 10.7. The Kier molecular flexibility index (Phi) is 6.76. The Hall–Kier alpha value is -1.09. The standard InChI is InChI=1S/C11H21N3/c1-5-7-11(4)14(10(2)3)13-9-6-8-12/h5,7,9-10H,4,6,8,12H2,1-3H3/b7-5+,13-9-. The molecule has 2 N–H and O–H groups in total. The van der Waals surface area contributed by atoms with Gasteiger partial charge in [0.2, 0.25) is 0 Å². The minimum Gasteiger partial charge on any atom is -0.330 e. The van der Waals surface area contributed by atoms with Gasteiger partial charge in [-0.1, -0.05) is 12.7 Å². The van der Waals surface area contributed by atoms with E-state index in [1.807, 2.05) is 30.3 Å². The van der Waals surface area contributed by atoms with E-state index in [1.165, 1.54) is 0 Å². The number of allylic oxidation sites excluding steroid dienone is 2. The summed E-state index contributed by atoms with van der Waals surface area (Å²) in [4.78, 5) is 0. The lowest BCUT2D eigenvalue weighted by Crippen LogP contribution is -2.23. The predicted octanol–water partition coefficient (Wildman–Crippen LogP) is 2.12. The lowest BCUT2D eigenvalue weighted by molar-refractivity contribution is 0.310. The van der Waals surface area contributed by atoms with Gasteiger partial charge in [-0.25, -0.2) is 0 Å². The molecule has 0 saturated heterocycles. The second-order valence-electron chi connectivity index (χ2n) is 3.31. The third-order valence-corrected chi connectivity index (χ3v) is 1.64. The van der Waals surface area contributed by atoms with Crippen LogP contribution in [0.1, 0.15) is 27.2 Å². The molecule has 0 aromatic heterocycles. The molecule has 0 unspecified atom stereocenters. The molecule has 0 amide bonds. The van der Waals surface area contributed by atoms with Crippen molar-refractivity contribution >= 4 is 6.21 Å². The summed E-state index contributed by atoms with van der Waals surface area (Å²) in [6.07, 6.45) is 6.52. The Bertz CT molecular complexity index is 217. The van der Waals surface area contributed by atoms with Gasteiger partial charge in [0.15, 0.2) is 0 Å². The smallest absolute Gasteiger partial charge is 0.0521 e. The maximum absolute atomic E-state index is 5.38. The largest absolute Gasteiger partial charge is 0.330 e. The Morgan fingerprint density at radius 1 is 1.57 bits per heavy atom. The van der Waals surface area contributed by atoms with Gasteiger partial charge in [0.05, 0.1) is 5.70 Å². The summed E-state index contributed by atoms with van der Waals surface area (Å²) in [7, 11) is 0. The van der Waals surface area contributed by atoms with Gasteiger partial charge in [0.25, 0.3) is 0 Å². The first-order valence-corrected chi connectivity index (χ1v) is 4.96. The van der Waals surface area contributed by atoms with Crippen LogP contribution in [0.15, 0.2) is 29.5 Å². The average molecular weight is 195 g/mol. The van der Waals surface area contributed by atoms with E-state index in [4.69, 9.17) is 5.73 Å². The summed E-state index contributed by atoms with van der Waals surface area (Å²) in [5.74, 6) is 0. The summed E-state index contributed by atoms with van der Waals surface area (Å²) in [6, 6.07) is 0.313. The molecule has 80 valence electrons. The minimum atomic E-state index is 0.313. The van der Waals surface area contributed by atoms with E-state index < -0.39 is 0 Å². The zero-order chi connectivity index (χ0) is 11.0. The Balaban J connectivity index is 4.36. The molecule has 0 aromatic carbocycles. The first-order valence-electron chi connectivity index (χ1n) is 4.96. The van der Waals surface area contributed by atoms with E-state index in [0.717, 1.165) is 12.1 Å². The van der Waals surface area contributed by atoms with Gasteiger partial charge in [-0.2, -0.15) is 5.10 Å². The molecular formula is C11H21N3. The molecule has 0 aliphatic carbocycles. The molecule has 14 heavy (non-hydrogen) atoms. The molecule has 0 rings (SSSR count). The number of nitrogens with zero attached hydrogens (tertiary/aromatic N) is 2. The maximum atomic E-state index is 5.38. The summed E-state index contributed by atoms with van der Waals surface area (Å²) in [5.41, 5.74) is 6.28. The zero-order valence-corrected chi connectivity index (χ0v) is 9.40. The Morgan fingerprint density at radius 2 is 2.21 bits per heavy atom. The fourth-order valence-electron chi connectivity index (χ4n) is 1.03. The molecular weight excluding hydrogens is 174 g/mol. The predicted molar refractivity (Wildman–Crippen MR) is 63.1 cm³/mol. The highest BCUT2D eigenvalue weighted by atomic mass is 15.5. The van der Waals surface area contributed by atoms with Gasteiger partial charge in [-0.15, -0.1) is 0 Å². The molecule has 0 aromatic rings. The summed E-state index contributed by atoms with van der Waals surface area (Å²) >= 11 is 0. The normalized spacial score (nSPS) is 11.8. The molecule has 3 heteroatoms. The zero-order valence-electron chi connectivity index (χ0n) is 9.40. The molecule has 0 radical (unpaired) electrons. The van der Waals surface area contributed by atoms with Gasteiger partial charge in [-0.3, -0.25) is 5.01 Å². The molecule has 3 nitrogen and oxygen atoms in total. The van der Waals surface area contributed by atoms with Crippen molar-refractivity contribution in [2.75, 3.05) is 6.54 Å². The van der Waals surface area contributed by atoms with Crippen LogP contribution in [0.2, 0.25) is 0 Å². The monoisotopic (exact) mass is 195 g/mol. The molecule has 0 fully saturated rings. The Labute approximate surface area is 87.0 Å². The molecule has 0 aliphatic rings. The SMILES string of the molecule is C=C(/C=C/C)N(/N=C\CCN)C(C)C. The van der Waals surface area contributed by atoms with E-state index in [2.05, 4.69) is 25.5 Å². The quantitative estimate of drug-likeness (QED) is 0.401. The van der Waals surface area contributed by atoms with Crippen LogP contribution in [0, 0.1) is 0 Å². The molecule has 0 atom stereocenters. The summed E-state index contributed by atoms with van der Waals surface area (Å²) in [5, 5.41) is 6.19. The third kappa shape index (κ3) is 4.82. The van der Waals surface area contributed by atoms with Crippen LogP contribution in [0.25, 0.3) is 0 Å². The third-order valence-electron chi connectivity index (χ3n) is 1.64. The first-order chi connectivity index (χ1) is 6.63. The van der Waals surface area contributed by atoms with Crippen LogP contribution >= 0.6 is 0 Å². The van der Waals surface area contributed by atoms with E-state index >= 15 is 0 Å². The fraction of sp³-hybridized carbons (Fsp3) is 0.545. The lowest BCUT2D eigenvalue weighted by Gasteiger charge is -2.23. The number of hydrazone groups is 1. The lowest BCUT2D eigenvalue weighted by atomic mass is 10.3. The van der Waals surface area contributed by atoms with Crippen LogP contribution in [0.4, 0.5) is 0 Å². The molecule has 0 heterocycles. The topological polar surface area (TPSA) is 41.6 Å². The number of hydrogen-bond donors (Lipinski definition) is 1. The molecule has 0 aliphatic heterocycles. The first kappa shape index (κ1) is 12.9. The van der Waals surface area contributed by atoms with Gasteiger partial charge < -0.3 is 5.73 Å². The van der Waals surface area contributed by atoms with Crippen molar-refractivity contribution in [3.05, 3.63) is 24.4 Å². The van der Waals surface area contributed by atoms with E-state index in [0.29, 0.717) is 12.6 Å². The van der Waals surface area contributed by atoms with Crippen molar-refractivity contribution in [2.24, 2.45) is 10.8 Å². The number of hydrogen-bond acceptors (Lipinski definition) is 3. The summed E-state index contributed by atoms with van der Waals surface area (Å²) < 4.78 is 0. The van der Waals surface area contributed by atoms with Crippen molar-refractivity contribution in [2.45, 2.75) is 33.2 Å². The Morgan fingerprint density at radius 3 is 2.64 bits per heavy atom. The van der Waals surface area contributed by atoms with Crippen LogP contribution in [-0.2, 0) is 0 Å². The van der Waals surface area contributed by atoms with Gasteiger partial charge in [0, 0.05) is 12.3 Å². The fourth-order valence-corrected chi connectivity index (χ4v) is 1.03. The second kappa shape index (κ2) is 7.33. The molecule has 0 bridgehead atoms. The maximum Gasteiger partial charge on any atom is 0.0521 e. The van der Waals surface area contributed by atoms with Crippen molar-refractivity contribution in [3.63, 3.8) is 0 Å². The van der Waals surface area contributed by atoms with Crippen LogP contribution in [0.3, 0.4) is 0 Å². The van der Waals surface area contributed by atoms with Crippen LogP contribution < -0.4 is 5.73 Å². The van der Waals surface area contributed by atoms with Gasteiger partial charge in [0.1, 0.15) is 0 Å². The number of nitrogens with two attached hydrogens (primary N) is 1. The van der Waals surface area contributed by atoms with Gasteiger partial charge >= 0.3 is 0 Å². The van der Waals surface area contributed by atoms with Crippen molar-refractivity contribution in [1.82, 2.24) is 5.01 Å². The molecule has 0 saturated carbocycles. The average Bonchev–Trinajstić information content (AvgIpc) is 2.12. The van der Waals surface area contributed by atoms with E-state index in [-0.39, 0.29) is 0 Å².